The summed E-state index contributed by atoms with van der Waals surface area (Å²) in [7, 11) is 0. The van der Waals surface area contributed by atoms with Gasteiger partial charge >= 0.3 is 0 Å². The number of pyridine rings is 1. The van der Waals surface area contributed by atoms with Crippen LogP contribution >= 0.6 is 35.0 Å². The number of hydrogen-bond donors (Lipinski definition) is 1. The fraction of sp³-hybridized carbons (Fsp3) is 0.100. The van der Waals surface area contributed by atoms with Crippen LogP contribution < -0.4 is 5.32 Å². The van der Waals surface area contributed by atoms with Crippen molar-refractivity contribution in [3.8, 4) is 11.4 Å². The molecule has 10 heteroatoms. The summed E-state index contributed by atoms with van der Waals surface area (Å²) in [6, 6.07) is 12.3. The number of thioether (sulfide) groups is 1. The molecule has 0 saturated carbocycles. The molecule has 4 aromatic rings. The van der Waals surface area contributed by atoms with Crippen molar-refractivity contribution in [3.63, 3.8) is 0 Å². The zero-order valence-corrected chi connectivity index (χ0v) is 17.8. The Morgan fingerprint density at radius 1 is 1.10 bits per heavy atom. The van der Waals surface area contributed by atoms with E-state index in [2.05, 4.69) is 20.5 Å². The van der Waals surface area contributed by atoms with Crippen LogP contribution in [0.15, 0.2) is 70.7 Å². The van der Waals surface area contributed by atoms with Gasteiger partial charge in [0.15, 0.2) is 11.0 Å². The van der Waals surface area contributed by atoms with E-state index in [1.807, 2.05) is 28.8 Å². The van der Waals surface area contributed by atoms with Crippen LogP contribution in [0.2, 0.25) is 10.0 Å². The lowest BCUT2D eigenvalue weighted by molar-refractivity contribution is -0.113. The molecule has 0 atom stereocenters. The molecule has 0 fully saturated rings. The first-order valence-corrected chi connectivity index (χ1v) is 10.6. The molecule has 30 heavy (non-hydrogen) atoms. The maximum Gasteiger partial charge on any atom is 0.234 e. The van der Waals surface area contributed by atoms with E-state index in [4.69, 9.17) is 27.6 Å². The lowest BCUT2D eigenvalue weighted by Gasteiger charge is -2.09. The molecule has 0 aliphatic carbocycles. The van der Waals surface area contributed by atoms with Crippen molar-refractivity contribution in [3.05, 3.63) is 76.9 Å². The van der Waals surface area contributed by atoms with Crippen LogP contribution in [0.3, 0.4) is 0 Å². The number of hydrogen-bond acceptors (Lipinski definition) is 6. The van der Waals surface area contributed by atoms with E-state index >= 15 is 0 Å². The molecule has 3 aromatic heterocycles. The van der Waals surface area contributed by atoms with E-state index in [-0.39, 0.29) is 11.7 Å². The first kappa shape index (κ1) is 20.5. The van der Waals surface area contributed by atoms with E-state index < -0.39 is 0 Å². The second kappa shape index (κ2) is 9.34. The molecule has 0 radical (unpaired) electrons. The SMILES string of the molecule is O=C(CSc1nnc(-c2ccncc2)n1Cc1ccco1)Nc1cc(Cl)cc(Cl)c1. The second-order valence-electron chi connectivity index (χ2n) is 6.20. The summed E-state index contributed by atoms with van der Waals surface area (Å²) >= 11 is 13.2. The molecule has 3 heterocycles. The van der Waals surface area contributed by atoms with Crippen molar-refractivity contribution in [1.29, 1.82) is 0 Å². The van der Waals surface area contributed by atoms with Crippen molar-refractivity contribution >= 4 is 46.6 Å². The maximum atomic E-state index is 12.4. The third-order valence-electron chi connectivity index (χ3n) is 4.03. The quantitative estimate of drug-likeness (QED) is 0.390. The largest absolute Gasteiger partial charge is 0.467 e. The molecule has 7 nitrogen and oxygen atoms in total. The summed E-state index contributed by atoms with van der Waals surface area (Å²) in [6.07, 6.45) is 5.00. The molecule has 0 bridgehead atoms. The number of carbonyl (C=O) groups is 1. The number of nitrogens with zero attached hydrogens (tertiary/aromatic N) is 4. The Morgan fingerprint density at radius 2 is 1.87 bits per heavy atom. The van der Waals surface area contributed by atoms with Crippen molar-refractivity contribution in [1.82, 2.24) is 19.7 Å². The van der Waals surface area contributed by atoms with Crippen LogP contribution in [0.4, 0.5) is 5.69 Å². The van der Waals surface area contributed by atoms with Crippen LogP contribution in [0.25, 0.3) is 11.4 Å². The van der Waals surface area contributed by atoms with Crippen LogP contribution in [0.5, 0.6) is 0 Å². The number of carbonyl (C=O) groups excluding carboxylic acids is 1. The topological polar surface area (TPSA) is 85.8 Å². The minimum absolute atomic E-state index is 0.136. The Bertz CT molecular complexity index is 1130. The Kier molecular flexibility index (Phi) is 6.37. The monoisotopic (exact) mass is 459 g/mol. The number of nitrogens with one attached hydrogen (secondary N) is 1. The summed E-state index contributed by atoms with van der Waals surface area (Å²) in [6.45, 7) is 0.436. The van der Waals surface area contributed by atoms with Gasteiger partial charge in [0.1, 0.15) is 5.76 Å². The Labute approximate surface area is 186 Å². The van der Waals surface area contributed by atoms with Crippen LogP contribution in [0.1, 0.15) is 5.76 Å². The number of halogens is 2. The van der Waals surface area contributed by atoms with Crippen LogP contribution in [-0.2, 0) is 11.3 Å². The first-order chi connectivity index (χ1) is 14.6. The lowest BCUT2D eigenvalue weighted by atomic mass is 10.2. The zero-order chi connectivity index (χ0) is 20.9. The second-order valence-corrected chi connectivity index (χ2v) is 8.02. The number of amides is 1. The average Bonchev–Trinajstić information content (AvgIpc) is 3.37. The average molecular weight is 460 g/mol. The van der Waals surface area contributed by atoms with Gasteiger partial charge in [-0.2, -0.15) is 0 Å². The van der Waals surface area contributed by atoms with E-state index in [0.717, 1.165) is 11.3 Å². The highest BCUT2D eigenvalue weighted by atomic mass is 35.5. The summed E-state index contributed by atoms with van der Waals surface area (Å²) in [4.78, 5) is 16.5. The van der Waals surface area contributed by atoms with Crippen LogP contribution in [0, 0.1) is 0 Å². The molecule has 0 spiro atoms. The van der Waals surface area contributed by atoms with E-state index in [0.29, 0.717) is 33.3 Å². The number of rotatable bonds is 7. The zero-order valence-electron chi connectivity index (χ0n) is 15.5. The molecule has 4 rings (SSSR count). The Hall–Kier alpha value is -2.81. The van der Waals surface area contributed by atoms with Gasteiger partial charge < -0.3 is 9.73 Å². The van der Waals surface area contributed by atoms with E-state index in [9.17, 15) is 4.79 Å². The normalized spacial score (nSPS) is 10.9. The highest BCUT2D eigenvalue weighted by Crippen LogP contribution is 2.26. The Balaban J connectivity index is 1.52. The Morgan fingerprint density at radius 3 is 2.57 bits per heavy atom. The van der Waals surface area contributed by atoms with Gasteiger partial charge in [0.2, 0.25) is 5.91 Å². The minimum Gasteiger partial charge on any atom is -0.467 e. The third-order valence-corrected chi connectivity index (χ3v) is 5.43. The highest BCUT2D eigenvalue weighted by Gasteiger charge is 2.17. The molecular weight excluding hydrogens is 445 g/mol. The molecule has 0 aliphatic rings. The molecule has 1 amide bonds. The van der Waals surface area contributed by atoms with E-state index in [1.165, 1.54) is 11.8 Å². The van der Waals surface area contributed by atoms with Gasteiger partial charge in [0.25, 0.3) is 0 Å². The predicted octanol–water partition coefficient (Wildman–Crippen LogP) is 5.02. The molecule has 0 saturated heterocycles. The van der Waals surface area contributed by atoms with Gasteiger partial charge in [0.05, 0.1) is 18.6 Å². The number of anilines is 1. The summed E-state index contributed by atoms with van der Waals surface area (Å²) < 4.78 is 7.38. The van der Waals surface area contributed by atoms with Gasteiger partial charge in [-0.25, -0.2) is 0 Å². The molecule has 1 N–H and O–H groups in total. The highest BCUT2D eigenvalue weighted by molar-refractivity contribution is 7.99. The first-order valence-electron chi connectivity index (χ1n) is 8.83. The van der Waals surface area contributed by atoms with E-state index in [1.54, 1.807) is 36.9 Å². The predicted molar refractivity (Wildman–Crippen MR) is 117 cm³/mol. The van der Waals surface area contributed by atoms with Crippen molar-refractivity contribution in [2.45, 2.75) is 11.7 Å². The summed E-state index contributed by atoms with van der Waals surface area (Å²) in [5.41, 5.74) is 1.40. The van der Waals surface area contributed by atoms with Gasteiger partial charge in [0, 0.05) is 33.7 Å². The molecule has 0 unspecified atom stereocenters. The maximum absolute atomic E-state index is 12.4. The van der Waals surface area contributed by atoms with Gasteiger partial charge in [-0.3, -0.25) is 14.3 Å². The molecule has 0 aliphatic heterocycles. The lowest BCUT2D eigenvalue weighted by Crippen LogP contribution is -2.14. The fourth-order valence-electron chi connectivity index (χ4n) is 2.76. The van der Waals surface area contributed by atoms with Crippen molar-refractivity contribution in [2.24, 2.45) is 0 Å². The van der Waals surface area contributed by atoms with Gasteiger partial charge in [-0.1, -0.05) is 35.0 Å². The van der Waals surface area contributed by atoms with Crippen molar-refractivity contribution in [2.75, 3.05) is 11.1 Å². The van der Waals surface area contributed by atoms with Crippen molar-refractivity contribution < 1.29 is 9.21 Å². The standard InChI is InChI=1S/C20H15Cl2N5O2S/c21-14-8-15(22)10-16(9-14)24-18(28)12-30-20-26-25-19(13-3-5-23-6-4-13)27(20)11-17-2-1-7-29-17/h1-10H,11-12H2,(H,24,28). The summed E-state index contributed by atoms with van der Waals surface area (Å²) in [5, 5.41) is 12.9. The van der Waals surface area contributed by atoms with Crippen LogP contribution in [-0.4, -0.2) is 31.4 Å². The number of aromatic nitrogens is 4. The molecule has 1 aromatic carbocycles. The minimum atomic E-state index is -0.212. The smallest absolute Gasteiger partial charge is 0.234 e. The molecular formula is C20H15Cl2N5O2S. The van der Waals surface area contributed by atoms with Gasteiger partial charge in [-0.05, 0) is 42.5 Å². The number of furan rings is 1. The van der Waals surface area contributed by atoms with Gasteiger partial charge in [-0.15, -0.1) is 10.2 Å². The fourth-order valence-corrected chi connectivity index (χ4v) is 4.03. The molecule has 152 valence electrons. The summed E-state index contributed by atoms with van der Waals surface area (Å²) in [5.74, 6) is 1.34. The number of benzene rings is 1. The third kappa shape index (κ3) is 5.02.